The number of hydrogen-bond acceptors (Lipinski definition) is 0. The Morgan fingerprint density at radius 2 is 1.25 bits per heavy atom. The molecular formula is C30H40ClF. The fraction of sp³-hybridized carbons (Fsp3) is 0.600. The molecule has 0 aromatic heterocycles. The summed E-state index contributed by atoms with van der Waals surface area (Å²) in [7, 11) is 0. The molecule has 32 heavy (non-hydrogen) atoms. The van der Waals surface area contributed by atoms with Gasteiger partial charge in [0.2, 0.25) is 0 Å². The standard InChI is InChI=1S/C30H40ClF/c1-2-3-4-22-5-7-23(8-6-22)9-10-24-11-13-25(14-12-24)26-15-17-27(18-16-26)28-19-20-29(31)30(32)21-28/h15-25H,2-14H2,1H3. The quantitative estimate of drug-likeness (QED) is 0.372. The fourth-order valence-electron chi connectivity index (χ4n) is 6.18. The number of benzene rings is 2. The molecule has 2 aliphatic rings. The molecule has 2 aromatic rings. The minimum atomic E-state index is -0.351. The van der Waals surface area contributed by atoms with Crippen molar-refractivity contribution in [2.45, 2.75) is 96.3 Å². The lowest BCUT2D eigenvalue weighted by molar-refractivity contribution is 0.222. The van der Waals surface area contributed by atoms with E-state index in [4.69, 9.17) is 11.6 Å². The van der Waals surface area contributed by atoms with Crippen LogP contribution in [0.4, 0.5) is 4.39 Å². The zero-order chi connectivity index (χ0) is 22.3. The molecule has 0 aliphatic heterocycles. The van der Waals surface area contributed by atoms with Crippen molar-refractivity contribution in [2.75, 3.05) is 0 Å². The molecule has 2 saturated carbocycles. The number of hydrogen-bond donors (Lipinski definition) is 0. The predicted molar refractivity (Wildman–Crippen MR) is 136 cm³/mol. The van der Waals surface area contributed by atoms with Crippen molar-refractivity contribution in [2.24, 2.45) is 17.8 Å². The van der Waals surface area contributed by atoms with Gasteiger partial charge >= 0.3 is 0 Å². The molecule has 174 valence electrons. The summed E-state index contributed by atoms with van der Waals surface area (Å²) in [5.41, 5.74) is 3.40. The smallest absolute Gasteiger partial charge is 0.142 e. The van der Waals surface area contributed by atoms with Crippen LogP contribution < -0.4 is 0 Å². The Bertz CT molecular complexity index is 826. The summed E-state index contributed by atoms with van der Waals surface area (Å²) in [6, 6.07) is 13.8. The van der Waals surface area contributed by atoms with Gasteiger partial charge in [0.25, 0.3) is 0 Å². The van der Waals surface area contributed by atoms with E-state index >= 15 is 0 Å². The van der Waals surface area contributed by atoms with E-state index in [0.29, 0.717) is 5.92 Å². The van der Waals surface area contributed by atoms with E-state index in [0.717, 1.165) is 28.9 Å². The largest absolute Gasteiger partial charge is 0.205 e. The van der Waals surface area contributed by atoms with E-state index in [1.165, 1.54) is 95.1 Å². The maximum absolute atomic E-state index is 13.8. The molecule has 0 N–H and O–H groups in total. The highest BCUT2D eigenvalue weighted by atomic mass is 35.5. The Labute approximate surface area is 200 Å². The summed E-state index contributed by atoms with van der Waals surface area (Å²) < 4.78 is 13.8. The summed E-state index contributed by atoms with van der Waals surface area (Å²) in [6.45, 7) is 2.32. The van der Waals surface area contributed by atoms with Crippen LogP contribution >= 0.6 is 11.6 Å². The van der Waals surface area contributed by atoms with Crippen molar-refractivity contribution in [1.82, 2.24) is 0 Å². The average Bonchev–Trinajstić information content (AvgIpc) is 2.84. The third-order valence-corrected chi connectivity index (χ3v) is 8.70. The Morgan fingerprint density at radius 1 is 0.719 bits per heavy atom. The van der Waals surface area contributed by atoms with E-state index in [1.54, 1.807) is 6.07 Å². The van der Waals surface area contributed by atoms with Crippen LogP contribution in [0.3, 0.4) is 0 Å². The van der Waals surface area contributed by atoms with Gasteiger partial charge in [-0.2, -0.15) is 0 Å². The fourth-order valence-corrected chi connectivity index (χ4v) is 6.30. The number of halogens is 2. The normalized spacial score (nSPS) is 26.2. The minimum Gasteiger partial charge on any atom is -0.205 e. The predicted octanol–water partition coefficient (Wildman–Crippen LogP) is 10.2. The van der Waals surface area contributed by atoms with Gasteiger partial charge in [-0.3, -0.25) is 0 Å². The Morgan fingerprint density at radius 3 is 1.81 bits per heavy atom. The summed E-state index contributed by atoms with van der Waals surface area (Å²) in [5.74, 6) is 3.33. The van der Waals surface area contributed by atoms with Gasteiger partial charge in [0.1, 0.15) is 5.82 Å². The molecule has 0 spiro atoms. The van der Waals surface area contributed by atoms with Crippen LogP contribution in [0.25, 0.3) is 11.1 Å². The summed E-state index contributed by atoms with van der Waals surface area (Å²) >= 11 is 5.82. The van der Waals surface area contributed by atoms with Crippen LogP contribution in [0.15, 0.2) is 42.5 Å². The third-order valence-electron chi connectivity index (χ3n) is 8.40. The SMILES string of the molecule is CCCCC1CCC(CCC2CCC(c3ccc(-c4ccc(Cl)c(F)c4)cc3)CC2)CC1. The summed E-state index contributed by atoms with van der Waals surface area (Å²) in [4.78, 5) is 0. The molecule has 0 nitrogen and oxygen atoms in total. The molecular weight excluding hydrogens is 415 g/mol. The maximum atomic E-state index is 13.8. The van der Waals surface area contributed by atoms with Gasteiger partial charge in [0.05, 0.1) is 5.02 Å². The van der Waals surface area contributed by atoms with Gasteiger partial charge in [0, 0.05) is 0 Å². The van der Waals surface area contributed by atoms with E-state index in [1.807, 2.05) is 6.07 Å². The molecule has 2 heteroatoms. The Kier molecular flexibility index (Phi) is 8.69. The van der Waals surface area contributed by atoms with Crippen molar-refractivity contribution >= 4 is 11.6 Å². The van der Waals surface area contributed by atoms with Gasteiger partial charge in [-0.05, 0) is 78.2 Å². The molecule has 0 bridgehead atoms. The second kappa shape index (κ2) is 11.7. The molecule has 2 aliphatic carbocycles. The molecule has 2 fully saturated rings. The monoisotopic (exact) mass is 454 g/mol. The zero-order valence-electron chi connectivity index (χ0n) is 19.8. The summed E-state index contributed by atoms with van der Waals surface area (Å²) in [5, 5.41) is 0.182. The van der Waals surface area contributed by atoms with Crippen LogP contribution in [0.2, 0.25) is 5.02 Å². The molecule has 0 atom stereocenters. The van der Waals surface area contributed by atoms with Crippen molar-refractivity contribution in [3.8, 4) is 11.1 Å². The van der Waals surface area contributed by atoms with Crippen LogP contribution in [0.5, 0.6) is 0 Å². The lowest BCUT2D eigenvalue weighted by atomic mass is 9.74. The first-order valence-corrected chi connectivity index (χ1v) is 13.6. The van der Waals surface area contributed by atoms with Gasteiger partial charge < -0.3 is 0 Å². The van der Waals surface area contributed by atoms with E-state index < -0.39 is 0 Å². The lowest BCUT2D eigenvalue weighted by Gasteiger charge is -2.32. The van der Waals surface area contributed by atoms with Crippen molar-refractivity contribution in [3.05, 3.63) is 58.9 Å². The van der Waals surface area contributed by atoms with Crippen LogP contribution in [-0.2, 0) is 0 Å². The average molecular weight is 455 g/mol. The van der Waals surface area contributed by atoms with Gasteiger partial charge in [-0.1, -0.05) is 107 Å². The highest BCUT2D eigenvalue weighted by Gasteiger charge is 2.25. The van der Waals surface area contributed by atoms with Crippen molar-refractivity contribution in [1.29, 1.82) is 0 Å². The number of rotatable bonds is 8. The van der Waals surface area contributed by atoms with Crippen LogP contribution in [0.1, 0.15) is 102 Å². The van der Waals surface area contributed by atoms with Crippen molar-refractivity contribution in [3.63, 3.8) is 0 Å². The van der Waals surface area contributed by atoms with Gasteiger partial charge in [-0.15, -0.1) is 0 Å². The molecule has 2 aromatic carbocycles. The maximum Gasteiger partial charge on any atom is 0.142 e. The first-order chi connectivity index (χ1) is 15.6. The molecule has 0 heterocycles. The first kappa shape index (κ1) is 23.8. The lowest BCUT2D eigenvalue weighted by Crippen LogP contribution is -2.17. The van der Waals surface area contributed by atoms with E-state index in [2.05, 4.69) is 31.2 Å². The van der Waals surface area contributed by atoms with Crippen molar-refractivity contribution < 1.29 is 4.39 Å². The van der Waals surface area contributed by atoms with Crippen LogP contribution in [0, 0.1) is 23.6 Å². The third kappa shape index (κ3) is 6.37. The minimum absolute atomic E-state index is 0.182. The Hall–Kier alpha value is -1.34. The number of unbranched alkanes of at least 4 members (excludes halogenated alkanes) is 1. The molecule has 4 rings (SSSR count). The zero-order valence-corrected chi connectivity index (χ0v) is 20.6. The second-order valence-corrected chi connectivity index (χ2v) is 11.0. The molecule has 0 radical (unpaired) electrons. The summed E-state index contributed by atoms with van der Waals surface area (Å²) in [6.07, 6.45) is 18.6. The second-order valence-electron chi connectivity index (χ2n) is 10.6. The molecule has 0 saturated heterocycles. The Balaban J connectivity index is 1.20. The highest BCUT2D eigenvalue weighted by Crippen LogP contribution is 2.40. The van der Waals surface area contributed by atoms with Gasteiger partial charge in [0.15, 0.2) is 0 Å². The van der Waals surface area contributed by atoms with Crippen LogP contribution in [-0.4, -0.2) is 0 Å². The first-order valence-electron chi connectivity index (χ1n) is 13.2. The van der Waals surface area contributed by atoms with E-state index in [9.17, 15) is 4.39 Å². The topological polar surface area (TPSA) is 0 Å². The van der Waals surface area contributed by atoms with E-state index in [-0.39, 0.29) is 10.8 Å². The van der Waals surface area contributed by atoms with Gasteiger partial charge in [-0.25, -0.2) is 4.39 Å². The molecule has 0 unspecified atom stereocenters. The molecule has 0 amide bonds. The highest BCUT2D eigenvalue weighted by molar-refractivity contribution is 6.30.